The van der Waals surface area contributed by atoms with Crippen molar-refractivity contribution in [3.63, 3.8) is 0 Å². The van der Waals surface area contributed by atoms with Gasteiger partial charge in [0.15, 0.2) is 5.52 Å². The van der Waals surface area contributed by atoms with E-state index in [4.69, 9.17) is 24.9 Å². The van der Waals surface area contributed by atoms with E-state index in [0.29, 0.717) is 11.0 Å². The summed E-state index contributed by atoms with van der Waals surface area (Å²) in [6.07, 6.45) is 1.75. The molecule has 0 amide bonds. The maximum absolute atomic E-state index is 6.10. The van der Waals surface area contributed by atoms with Crippen molar-refractivity contribution < 1.29 is 18.8 Å². The quantitative estimate of drug-likeness (QED) is 0.555. The lowest BCUT2D eigenvalue weighted by Crippen LogP contribution is -2.45. The Bertz CT molecular complexity index is 989. The third-order valence-electron chi connectivity index (χ3n) is 4.87. The number of nitrogens with two attached hydrogens (primary N) is 1. The molecule has 10 heteroatoms. The number of rotatable bonds is 7. The van der Waals surface area contributed by atoms with Crippen molar-refractivity contribution in [1.29, 1.82) is 0 Å². The number of hydrogen-bond donors (Lipinski definition) is 2. The lowest BCUT2D eigenvalue weighted by molar-refractivity contribution is -0.675. The van der Waals surface area contributed by atoms with Gasteiger partial charge in [-0.1, -0.05) is 9.97 Å². The van der Waals surface area contributed by atoms with E-state index >= 15 is 0 Å². The number of H-pyrrole nitrogens is 1. The van der Waals surface area contributed by atoms with E-state index < -0.39 is 0 Å². The second-order valence-corrected chi connectivity index (χ2v) is 7.67. The Morgan fingerprint density at radius 1 is 1.28 bits per heavy atom. The number of nitrogens with one attached hydrogen (secondary N) is 1. The van der Waals surface area contributed by atoms with E-state index in [-0.39, 0.29) is 0 Å². The summed E-state index contributed by atoms with van der Waals surface area (Å²) in [5.74, 6) is 1.94. The highest BCUT2D eigenvalue weighted by Crippen LogP contribution is 2.36. The number of hydrogen-bond acceptors (Lipinski definition) is 8. The van der Waals surface area contributed by atoms with Crippen molar-refractivity contribution in [3.05, 3.63) is 24.5 Å². The van der Waals surface area contributed by atoms with Crippen LogP contribution in [0.1, 0.15) is 0 Å². The molecule has 9 nitrogen and oxygen atoms in total. The first-order valence-corrected chi connectivity index (χ1v) is 10.2. The third-order valence-corrected chi connectivity index (χ3v) is 5.79. The van der Waals surface area contributed by atoms with Gasteiger partial charge in [-0.05, 0) is 30.0 Å². The Hall–Kier alpha value is -2.56. The molecular weight excluding hydrogens is 392 g/mol. The molecule has 0 spiro atoms. The van der Waals surface area contributed by atoms with E-state index in [1.165, 1.54) is 11.8 Å². The first kappa shape index (κ1) is 19.7. The van der Waals surface area contributed by atoms with Crippen LogP contribution >= 0.6 is 11.8 Å². The Morgan fingerprint density at radius 2 is 2.10 bits per heavy atom. The fraction of sp³-hybridized carbons (Fsp3) is 0.421. The zero-order chi connectivity index (χ0) is 20.2. The molecule has 0 bridgehead atoms. The maximum atomic E-state index is 6.10. The zero-order valence-corrected chi connectivity index (χ0v) is 17.4. The molecule has 29 heavy (non-hydrogen) atoms. The van der Waals surface area contributed by atoms with Gasteiger partial charge >= 0.3 is 0 Å². The van der Waals surface area contributed by atoms with Gasteiger partial charge in [-0.25, -0.2) is 4.57 Å². The second-order valence-electron chi connectivity index (χ2n) is 6.64. The molecule has 154 valence electrons. The molecule has 0 saturated carbocycles. The van der Waals surface area contributed by atoms with E-state index in [1.807, 2.05) is 22.8 Å². The summed E-state index contributed by atoms with van der Waals surface area (Å²) < 4.78 is 18.2. The lowest BCUT2D eigenvalue weighted by atomic mass is 10.3. The number of anilines is 1. The SMILES string of the molecule is COc1ccc(OC)c(Sc2nc3c([nH]2)c(N)nc[n+]3CCN2CCOCC2)c1. The number of aromatic nitrogens is 4. The number of nitrogens with zero attached hydrogens (tertiary/aromatic N) is 4. The molecule has 3 heterocycles. The molecule has 0 unspecified atom stereocenters. The Labute approximate surface area is 173 Å². The van der Waals surface area contributed by atoms with E-state index in [9.17, 15) is 0 Å². The zero-order valence-electron chi connectivity index (χ0n) is 16.6. The molecule has 1 saturated heterocycles. The van der Waals surface area contributed by atoms with Crippen LogP contribution in [0, 0.1) is 0 Å². The van der Waals surface area contributed by atoms with Gasteiger partial charge in [0.2, 0.25) is 17.3 Å². The van der Waals surface area contributed by atoms with Crippen molar-refractivity contribution in [2.75, 3.05) is 52.8 Å². The third kappa shape index (κ3) is 4.39. The molecule has 0 radical (unpaired) electrons. The number of aromatic amines is 1. The summed E-state index contributed by atoms with van der Waals surface area (Å²) in [4.78, 5) is 15.7. The van der Waals surface area contributed by atoms with Gasteiger partial charge in [0, 0.05) is 19.6 Å². The largest absolute Gasteiger partial charge is 0.497 e. The first-order valence-electron chi connectivity index (χ1n) is 9.41. The molecule has 1 aliphatic heterocycles. The lowest BCUT2D eigenvalue weighted by Gasteiger charge is -2.25. The summed E-state index contributed by atoms with van der Waals surface area (Å²) in [7, 11) is 3.28. The summed E-state index contributed by atoms with van der Waals surface area (Å²) in [6.45, 7) is 5.15. The maximum Gasteiger partial charge on any atom is 0.294 e. The molecule has 1 aromatic carbocycles. The highest BCUT2D eigenvalue weighted by atomic mass is 32.2. The molecule has 0 aliphatic carbocycles. The minimum absolute atomic E-state index is 0.430. The van der Waals surface area contributed by atoms with Crippen molar-refractivity contribution in [2.24, 2.45) is 0 Å². The summed E-state index contributed by atoms with van der Waals surface area (Å²) in [5, 5.41) is 0.714. The summed E-state index contributed by atoms with van der Waals surface area (Å²) >= 11 is 1.46. The van der Waals surface area contributed by atoms with Crippen LogP contribution in [0.3, 0.4) is 0 Å². The van der Waals surface area contributed by atoms with Gasteiger partial charge in [-0.3, -0.25) is 4.90 Å². The molecule has 3 aromatic rings. The van der Waals surface area contributed by atoms with E-state index in [0.717, 1.165) is 67.0 Å². The van der Waals surface area contributed by atoms with Crippen molar-refractivity contribution in [3.8, 4) is 11.5 Å². The molecule has 1 fully saturated rings. The van der Waals surface area contributed by atoms with Crippen LogP contribution in [0.5, 0.6) is 11.5 Å². The molecule has 3 N–H and O–H groups in total. The van der Waals surface area contributed by atoms with Crippen LogP contribution < -0.4 is 19.8 Å². The predicted octanol–water partition coefficient (Wildman–Crippen LogP) is 1.33. The molecular formula is C19H25N6O3S+. The molecule has 4 rings (SSSR count). The van der Waals surface area contributed by atoms with Gasteiger partial charge < -0.3 is 24.9 Å². The highest BCUT2D eigenvalue weighted by Gasteiger charge is 2.21. The Morgan fingerprint density at radius 3 is 2.86 bits per heavy atom. The summed E-state index contributed by atoms with van der Waals surface area (Å²) in [6, 6.07) is 5.66. The van der Waals surface area contributed by atoms with Crippen LogP contribution in [0.4, 0.5) is 5.82 Å². The highest BCUT2D eigenvalue weighted by molar-refractivity contribution is 7.99. The second kappa shape index (κ2) is 8.85. The smallest absolute Gasteiger partial charge is 0.294 e. The van der Waals surface area contributed by atoms with Gasteiger partial charge in [0.05, 0.1) is 38.9 Å². The average Bonchev–Trinajstić information content (AvgIpc) is 3.18. The summed E-state index contributed by atoms with van der Waals surface area (Å²) in [5.41, 5.74) is 7.62. The van der Waals surface area contributed by atoms with Crippen LogP contribution in [-0.2, 0) is 11.3 Å². The van der Waals surface area contributed by atoms with Crippen molar-refractivity contribution in [2.45, 2.75) is 16.6 Å². The first-order chi connectivity index (χ1) is 14.2. The molecule has 1 aliphatic rings. The Kier molecular flexibility index (Phi) is 6.02. The minimum atomic E-state index is 0.430. The number of morpholine rings is 1. The van der Waals surface area contributed by atoms with Crippen LogP contribution in [0.15, 0.2) is 34.6 Å². The predicted molar refractivity (Wildman–Crippen MR) is 109 cm³/mol. The monoisotopic (exact) mass is 417 g/mol. The van der Waals surface area contributed by atoms with Crippen LogP contribution in [-0.4, -0.2) is 66.9 Å². The number of methoxy groups -OCH3 is 2. The fourth-order valence-corrected chi connectivity index (χ4v) is 4.15. The van der Waals surface area contributed by atoms with Gasteiger partial charge in [-0.2, -0.15) is 0 Å². The fourth-order valence-electron chi connectivity index (χ4n) is 3.23. The van der Waals surface area contributed by atoms with Crippen molar-refractivity contribution in [1.82, 2.24) is 19.9 Å². The standard InChI is InChI=1S/C19H24N6O3S/c1-26-13-3-4-14(27-2)15(11-13)29-19-22-16-17(20)21-12-25(18(16)23-19)6-5-24-7-9-28-10-8-24/h3-4,11-12H,5-10H2,1-2H3,(H2,20,22,23)/p+1. The number of fused-ring (bicyclic) bond motifs is 1. The minimum Gasteiger partial charge on any atom is -0.497 e. The van der Waals surface area contributed by atoms with Crippen molar-refractivity contribution >= 4 is 28.7 Å². The van der Waals surface area contributed by atoms with Gasteiger partial charge in [-0.15, -0.1) is 0 Å². The van der Waals surface area contributed by atoms with Crippen LogP contribution in [0.2, 0.25) is 0 Å². The molecule has 0 atom stereocenters. The number of benzene rings is 1. The molecule has 2 aromatic heterocycles. The number of nitrogen functional groups attached to an aromatic ring is 1. The normalized spacial score (nSPS) is 15.0. The average molecular weight is 418 g/mol. The number of ether oxygens (including phenoxy) is 3. The van der Waals surface area contributed by atoms with Gasteiger partial charge in [0.1, 0.15) is 11.5 Å². The van der Waals surface area contributed by atoms with Crippen LogP contribution in [0.25, 0.3) is 11.2 Å². The van der Waals surface area contributed by atoms with E-state index in [1.54, 1.807) is 20.5 Å². The van der Waals surface area contributed by atoms with E-state index in [2.05, 4.69) is 14.9 Å². The number of imidazole rings is 1. The topological polar surface area (TPSA) is 102 Å². The van der Waals surface area contributed by atoms with Gasteiger partial charge in [0.25, 0.3) is 5.65 Å². The Balaban J connectivity index is 1.59.